The normalized spacial score (nSPS) is 16.0. The van der Waals surface area contributed by atoms with Crippen molar-refractivity contribution >= 4 is 11.6 Å². The van der Waals surface area contributed by atoms with Crippen LogP contribution >= 0.6 is 0 Å². The molecule has 1 N–H and O–H groups in total. The molecule has 1 aliphatic heterocycles. The first-order valence-corrected chi connectivity index (χ1v) is 7.90. The van der Waals surface area contributed by atoms with E-state index in [1.807, 2.05) is 49.4 Å². The molecule has 6 nitrogen and oxygen atoms in total. The number of hydrogen-bond acceptors (Lipinski definition) is 5. The number of tetrazole rings is 1. The first-order chi connectivity index (χ1) is 11.8. The Bertz CT molecular complexity index is 855. The average molecular weight is 319 g/mol. The number of ether oxygens (including phenoxy) is 1. The van der Waals surface area contributed by atoms with Gasteiger partial charge in [-0.2, -0.15) is 4.68 Å². The van der Waals surface area contributed by atoms with Crippen LogP contribution in [0.1, 0.15) is 24.1 Å². The van der Waals surface area contributed by atoms with E-state index in [0.29, 0.717) is 12.6 Å². The molecular formula is C18H17N5O. The van der Waals surface area contributed by atoms with E-state index in [-0.39, 0.29) is 6.04 Å². The maximum Gasteiger partial charge on any atom is 0.248 e. The van der Waals surface area contributed by atoms with Crippen molar-refractivity contribution in [1.29, 1.82) is 0 Å². The smallest absolute Gasteiger partial charge is 0.248 e. The summed E-state index contributed by atoms with van der Waals surface area (Å²) in [4.78, 5) is 0. The summed E-state index contributed by atoms with van der Waals surface area (Å²) in [5.41, 5.74) is 3.18. The summed E-state index contributed by atoms with van der Waals surface area (Å²) in [5, 5.41) is 15.3. The quantitative estimate of drug-likeness (QED) is 0.800. The van der Waals surface area contributed by atoms with Gasteiger partial charge >= 0.3 is 0 Å². The van der Waals surface area contributed by atoms with E-state index in [9.17, 15) is 0 Å². The van der Waals surface area contributed by atoms with Crippen molar-refractivity contribution in [2.24, 2.45) is 0 Å². The minimum atomic E-state index is -0.0426. The van der Waals surface area contributed by atoms with Crippen molar-refractivity contribution in [3.8, 4) is 5.75 Å². The highest BCUT2D eigenvalue weighted by atomic mass is 16.5. The second-order valence-electron chi connectivity index (χ2n) is 5.47. The van der Waals surface area contributed by atoms with Crippen molar-refractivity contribution in [3.05, 3.63) is 71.8 Å². The zero-order valence-corrected chi connectivity index (χ0v) is 13.3. The van der Waals surface area contributed by atoms with Crippen molar-refractivity contribution in [3.63, 3.8) is 0 Å². The summed E-state index contributed by atoms with van der Waals surface area (Å²) in [6.45, 7) is 2.63. The Morgan fingerprint density at radius 1 is 1.08 bits per heavy atom. The average Bonchev–Trinajstić information content (AvgIpc) is 3.11. The molecule has 0 saturated heterocycles. The molecule has 1 aliphatic rings. The number of anilines is 1. The molecule has 0 radical (unpaired) electrons. The highest BCUT2D eigenvalue weighted by Gasteiger charge is 2.24. The van der Waals surface area contributed by atoms with Gasteiger partial charge in [-0.1, -0.05) is 35.4 Å². The van der Waals surface area contributed by atoms with Gasteiger partial charge in [-0.15, -0.1) is 0 Å². The molecule has 0 spiro atoms. The first kappa shape index (κ1) is 14.4. The maximum absolute atomic E-state index is 5.51. The number of fused-ring (bicyclic) bond motifs is 1. The van der Waals surface area contributed by atoms with Crippen molar-refractivity contribution in [1.82, 2.24) is 20.2 Å². The van der Waals surface area contributed by atoms with Gasteiger partial charge in [0.15, 0.2) is 0 Å². The van der Waals surface area contributed by atoms with E-state index in [1.165, 1.54) is 0 Å². The lowest BCUT2D eigenvalue weighted by Gasteiger charge is -2.23. The summed E-state index contributed by atoms with van der Waals surface area (Å²) >= 11 is 0. The highest BCUT2D eigenvalue weighted by molar-refractivity contribution is 5.77. The van der Waals surface area contributed by atoms with Gasteiger partial charge in [0.1, 0.15) is 11.8 Å². The number of benzene rings is 2. The summed E-state index contributed by atoms with van der Waals surface area (Å²) in [7, 11) is 0. The molecule has 3 aromatic rings. The predicted molar refractivity (Wildman–Crippen MR) is 91.6 cm³/mol. The first-order valence-electron chi connectivity index (χ1n) is 7.90. The van der Waals surface area contributed by atoms with Crippen molar-refractivity contribution in [2.75, 3.05) is 11.9 Å². The van der Waals surface area contributed by atoms with Gasteiger partial charge in [0.25, 0.3) is 0 Å². The van der Waals surface area contributed by atoms with Crippen LogP contribution in [0.5, 0.6) is 5.75 Å². The number of aromatic nitrogens is 4. The van der Waals surface area contributed by atoms with E-state index >= 15 is 0 Å². The van der Waals surface area contributed by atoms with Gasteiger partial charge in [0.05, 0.1) is 6.61 Å². The standard InChI is InChI=1S/C18H17N5O/c1-2-24-15-10-8-13(9-11-15)16-12-17(14-6-4-3-5-7-14)23-18(19-16)20-21-22-23/h3-12,17H,2H2,1H3,(H,19,20,22). The molecule has 0 saturated carbocycles. The van der Waals surface area contributed by atoms with E-state index < -0.39 is 0 Å². The second kappa shape index (κ2) is 6.16. The number of allylic oxidation sites excluding steroid dienone is 1. The Morgan fingerprint density at radius 2 is 1.88 bits per heavy atom. The Morgan fingerprint density at radius 3 is 2.62 bits per heavy atom. The molecule has 0 aliphatic carbocycles. The third kappa shape index (κ3) is 2.62. The topological polar surface area (TPSA) is 64.9 Å². The van der Waals surface area contributed by atoms with Gasteiger partial charge in [-0.3, -0.25) is 0 Å². The van der Waals surface area contributed by atoms with Gasteiger partial charge < -0.3 is 10.1 Å². The zero-order valence-electron chi connectivity index (χ0n) is 13.3. The third-order valence-corrected chi connectivity index (χ3v) is 3.94. The summed E-state index contributed by atoms with van der Waals surface area (Å²) < 4.78 is 7.29. The second-order valence-corrected chi connectivity index (χ2v) is 5.47. The largest absolute Gasteiger partial charge is 0.494 e. The van der Waals surface area contributed by atoms with Crippen LogP contribution in [0, 0.1) is 0 Å². The summed E-state index contributed by atoms with van der Waals surface area (Å²) in [6, 6.07) is 18.2. The predicted octanol–water partition coefficient (Wildman–Crippen LogP) is 3.13. The Labute approximate surface area is 139 Å². The molecule has 6 heteroatoms. The lowest BCUT2D eigenvalue weighted by atomic mass is 10.0. The van der Waals surface area contributed by atoms with Gasteiger partial charge in [-0.25, -0.2) is 0 Å². The minimum absolute atomic E-state index is 0.0426. The van der Waals surface area contributed by atoms with Crippen LogP contribution in [-0.4, -0.2) is 26.8 Å². The van der Waals surface area contributed by atoms with Crippen LogP contribution in [0.4, 0.5) is 5.95 Å². The number of nitrogens with zero attached hydrogens (tertiary/aromatic N) is 4. The lowest BCUT2D eigenvalue weighted by molar-refractivity contribution is 0.340. The van der Waals surface area contributed by atoms with Crippen LogP contribution in [-0.2, 0) is 0 Å². The maximum atomic E-state index is 5.51. The van der Waals surface area contributed by atoms with Crippen LogP contribution in [0.3, 0.4) is 0 Å². The molecule has 4 rings (SSSR count). The van der Waals surface area contributed by atoms with Gasteiger partial charge in [-0.05, 0) is 58.8 Å². The summed E-state index contributed by atoms with van der Waals surface area (Å²) in [6.07, 6.45) is 2.13. The van der Waals surface area contributed by atoms with Crippen LogP contribution < -0.4 is 10.1 Å². The fourth-order valence-electron chi connectivity index (χ4n) is 2.81. The molecule has 1 aromatic heterocycles. The number of rotatable bonds is 4. The highest BCUT2D eigenvalue weighted by Crippen LogP contribution is 2.31. The Balaban J connectivity index is 1.72. The van der Waals surface area contributed by atoms with E-state index in [0.717, 1.165) is 22.6 Å². The Kier molecular flexibility index (Phi) is 3.70. The zero-order chi connectivity index (χ0) is 16.4. The fourth-order valence-corrected chi connectivity index (χ4v) is 2.81. The molecule has 2 aromatic carbocycles. The van der Waals surface area contributed by atoms with Crippen LogP contribution in [0.15, 0.2) is 60.7 Å². The molecule has 0 fully saturated rings. The molecule has 0 bridgehead atoms. The summed E-state index contributed by atoms with van der Waals surface area (Å²) in [5.74, 6) is 1.50. The Hall–Kier alpha value is -3.15. The monoisotopic (exact) mass is 319 g/mol. The van der Waals surface area contributed by atoms with Crippen LogP contribution in [0.2, 0.25) is 0 Å². The minimum Gasteiger partial charge on any atom is -0.494 e. The van der Waals surface area contributed by atoms with E-state index in [1.54, 1.807) is 4.68 Å². The molecule has 24 heavy (non-hydrogen) atoms. The van der Waals surface area contributed by atoms with Crippen molar-refractivity contribution < 1.29 is 4.74 Å². The molecule has 0 amide bonds. The molecule has 1 atom stereocenters. The SMILES string of the molecule is CCOc1ccc(C2=CC(c3ccccc3)n3nnnc3N2)cc1. The van der Waals surface area contributed by atoms with E-state index in [4.69, 9.17) is 4.74 Å². The third-order valence-electron chi connectivity index (χ3n) is 3.94. The molecule has 2 heterocycles. The molecular weight excluding hydrogens is 302 g/mol. The number of hydrogen-bond donors (Lipinski definition) is 1. The molecule has 1 unspecified atom stereocenters. The van der Waals surface area contributed by atoms with Crippen molar-refractivity contribution in [2.45, 2.75) is 13.0 Å². The number of nitrogens with one attached hydrogen (secondary N) is 1. The van der Waals surface area contributed by atoms with Gasteiger partial charge in [0, 0.05) is 5.70 Å². The van der Waals surface area contributed by atoms with Crippen LogP contribution in [0.25, 0.3) is 5.70 Å². The van der Waals surface area contributed by atoms with E-state index in [2.05, 4.69) is 39.1 Å². The molecule has 120 valence electrons. The fraction of sp³-hybridized carbons (Fsp3) is 0.167. The lowest BCUT2D eigenvalue weighted by Crippen LogP contribution is -2.20. The van der Waals surface area contributed by atoms with Gasteiger partial charge in [0.2, 0.25) is 5.95 Å².